The maximum atomic E-state index is 8.74. The van der Waals surface area contributed by atoms with Crippen LogP contribution in [-0.2, 0) is 6.42 Å². The maximum absolute atomic E-state index is 8.74. The van der Waals surface area contributed by atoms with Gasteiger partial charge in [0.2, 0.25) is 0 Å². The van der Waals surface area contributed by atoms with Crippen molar-refractivity contribution in [2.75, 3.05) is 5.73 Å². The average molecular weight is 313 g/mol. The van der Waals surface area contributed by atoms with E-state index in [1.807, 2.05) is 0 Å². The van der Waals surface area contributed by atoms with E-state index in [1.54, 1.807) is 18.2 Å². The van der Waals surface area contributed by atoms with Crippen LogP contribution in [0.25, 0.3) is 11.3 Å². The van der Waals surface area contributed by atoms with Crippen molar-refractivity contribution < 1.29 is 0 Å². The van der Waals surface area contributed by atoms with Crippen LogP contribution in [0.15, 0.2) is 24.4 Å². The molecule has 0 radical (unpaired) electrons. The molecule has 0 bridgehead atoms. The Morgan fingerprint density at radius 1 is 1.16 bits per heavy atom. The fourth-order valence-electron chi connectivity index (χ4n) is 1.61. The predicted octanol–water partition coefficient (Wildman–Crippen LogP) is 4.36. The summed E-state index contributed by atoms with van der Waals surface area (Å²) < 4.78 is 0. The minimum atomic E-state index is 0.219. The molecule has 0 amide bonds. The van der Waals surface area contributed by atoms with Crippen molar-refractivity contribution in [2.24, 2.45) is 0 Å². The summed E-state index contributed by atoms with van der Waals surface area (Å²) in [5.41, 5.74) is 8.31. The second-order valence-corrected chi connectivity index (χ2v) is 5.05. The largest absolute Gasteiger partial charge is 0.397 e. The molecule has 0 saturated heterocycles. The second kappa shape index (κ2) is 5.66. The zero-order chi connectivity index (χ0) is 14.0. The zero-order valence-electron chi connectivity index (χ0n) is 9.62. The fourth-order valence-corrected chi connectivity index (χ4v) is 2.20. The molecule has 0 aliphatic heterocycles. The second-order valence-electron chi connectivity index (χ2n) is 3.86. The number of rotatable bonds is 2. The molecule has 0 fully saturated rings. The standard InChI is InChI=1S/C13H8Cl3N3/c14-9-3-8(4-10(15)13(9)16)12-5-7(1-2-17)11(18)6-19-12/h3-6H,1,18H2. The number of nitrogens with two attached hydrogens (primary N) is 1. The van der Waals surface area contributed by atoms with E-state index < -0.39 is 0 Å². The molecule has 0 aliphatic rings. The molecule has 0 saturated carbocycles. The summed E-state index contributed by atoms with van der Waals surface area (Å²) in [4.78, 5) is 4.21. The predicted molar refractivity (Wildman–Crippen MR) is 78.4 cm³/mol. The minimum absolute atomic E-state index is 0.219. The molecule has 0 aliphatic carbocycles. The Kier molecular flexibility index (Phi) is 4.16. The van der Waals surface area contributed by atoms with Crippen LogP contribution < -0.4 is 5.73 Å². The summed E-state index contributed by atoms with van der Waals surface area (Å²) >= 11 is 17.9. The highest BCUT2D eigenvalue weighted by atomic mass is 35.5. The Balaban J connectivity index is 2.54. The van der Waals surface area contributed by atoms with Crippen molar-refractivity contribution in [3.05, 3.63) is 45.0 Å². The number of aromatic nitrogens is 1. The Labute approximate surface area is 125 Å². The molecule has 96 valence electrons. The highest BCUT2D eigenvalue weighted by Gasteiger charge is 2.10. The number of pyridine rings is 1. The van der Waals surface area contributed by atoms with Crippen LogP contribution in [0.4, 0.5) is 5.69 Å². The quantitative estimate of drug-likeness (QED) is 0.838. The van der Waals surface area contributed by atoms with Gasteiger partial charge in [-0.25, -0.2) is 0 Å². The van der Waals surface area contributed by atoms with Crippen LogP contribution in [0.2, 0.25) is 15.1 Å². The molecule has 0 atom stereocenters. The minimum Gasteiger partial charge on any atom is -0.397 e. The lowest BCUT2D eigenvalue weighted by molar-refractivity contribution is 1.22. The smallest absolute Gasteiger partial charge is 0.0778 e. The molecular formula is C13H8Cl3N3. The first-order valence-electron chi connectivity index (χ1n) is 5.29. The van der Waals surface area contributed by atoms with Gasteiger partial charge in [0.05, 0.1) is 45.1 Å². The molecular weight excluding hydrogens is 305 g/mol. The van der Waals surface area contributed by atoms with Crippen molar-refractivity contribution in [2.45, 2.75) is 6.42 Å². The number of hydrogen-bond donors (Lipinski definition) is 1. The Morgan fingerprint density at radius 2 is 1.79 bits per heavy atom. The van der Waals surface area contributed by atoms with E-state index in [1.165, 1.54) is 6.20 Å². The van der Waals surface area contributed by atoms with Gasteiger partial charge in [-0.1, -0.05) is 34.8 Å². The van der Waals surface area contributed by atoms with Crippen molar-refractivity contribution in [1.82, 2.24) is 4.98 Å². The Bertz CT molecular complexity index is 654. The van der Waals surface area contributed by atoms with E-state index in [-0.39, 0.29) is 6.42 Å². The average Bonchev–Trinajstić information content (AvgIpc) is 2.38. The summed E-state index contributed by atoms with van der Waals surface area (Å²) in [5, 5.41) is 9.75. The van der Waals surface area contributed by atoms with Crippen molar-refractivity contribution >= 4 is 40.5 Å². The summed E-state index contributed by atoms with van der Waals surface area (Å²) in [6, 6.07) is 7.14. The highest BCUT2D eigenvalue weighted by Crippen LogP contribution is 2.35. The van der Waals surface area contributed by atoms with Gasteiger partial charge in [-0.15, -0.1) is 0 Å². The fraction of sp³-hybridized carbons (Fsp3) is 0.0769. The van der Waals surface area contributed by atoms with Crippen LogP contribution in [0, 0.1) is 11.3 Å². The zero-order valence-corrected chi connectivity index (χ0v) is 11.9. The number of nitrogen functional groups attached to an aromatic ring is 1. The van der Waals surface area contributed by atoms with E-state index in [2.05, 4.69) is 11.1 Å². The number of halogens is 3. The van der Waals surface area contributed by atoms with Crippen molar-refractivity contribution in [3.63, 3.8) is 0 Å². The third-order valence-corrected chi connectivity index (χ3v) is 3.77. The Hall–Kier alpha value is -1.47. The van der Waals surface area contributed by atoms with E-state index >= 15 is 0 Å². The summed E-state index contributed by atoms with van der Waals surface area (Å²) in [6.07, 6.45) is 1.73. The van der Waals surface area contributed by atoms with Crippen molar-refractivity contribution in [3.8, 4) is 17.3 Å². The molecule has 19 heavy (non-hydrogen) atoms. The monoisotopic (exact) mass is 311 g/mol. The number of nitrogens with zero attached hydrogens (tertiary/aromatic N) is 2. The van der Waals surface area contributed by atoms with Gasteiger partial charge in [-0.3, -0.25) is 4.98 Å². The number of nitriles is 1. The van der Waals surface area contributed by atoms with Crippen LogP contribution in [0.5, 0.6) is 0 Å². The molecule has 0 spiro atoms. The van der Waals surface area contributed by atoms with Gasteiger partial charge in [0.25, 0.3) is 0 Å². The SMILES string of the molecule is N#CCc1cc(-c2cc(Cl)c(Cl)c(Cl)c2)ncc1N. The van der Waals surface area contributed by atoms with E-state index in [0.717, 1.165) is 11.1 Å². The van der Waals surface area contributed by atoms with Crippen LogP contribution in [-0.4, -0.2) is 4.98 Å². The van der Waals surface area contributed by atoms with Gasteiger partial charge < -0.3 is 5.73 Å². The summed E-state index contributed by atoms with van der Waals surface area (Å²) in [6.45, 7) is 0. The molecule has 2 aromatic rings. The summed E-state index contributed by atoms with van der Waals surface area (Å²) in [7, 11) is 0. The third-order valence-electron chi connectivity index (χ3n) is 2.57. The summed E-state index contributed by atoms with van der Waals surface area (Å²) in [5.74, 6) is 0. The van der Waals surface area contributed by atoms with E-state index in [0.29, 0.717) is 26.4 Å². The van der Waals surface area contributed by atoms with E-state index in [9.17, 15) is 0 Å². The number of anilines is 1. The lowest BCUT2D eigenvalue weighted by Crippen LogP contribution is -1.96. The highest BCUT2D eigenvalue weighted by molar-refractivity contribution is 6.48. The third kappa shape index (κ3) is 2.93. The molecule has 2 rings (SSSR count). The van der Waals surface area contributed by atoms with Gasteiger partial charge in [0, 0.05) is 5.56 Å². The molecule has 6 heteroatoms. The first-order valence-corrected chi connectivity index (χ1v) is 6.42. The van der Waals surface area contributed by atoms with Gasteiger partial charge in [-0.05, 0) is 23.8 Å². The molecule has 3 nitrogen and oxygen atoms in total. The van der Waals surface area contributed by atoms with Gasteiger partial charge >= 0.3 is 0 Å². The molecule has 1 aromatic heterocycles. The normalized spacial score (nSPS) is 10.2. The maximum Gasteiger partial charge on any atom is 0.0778 e. The first kappa shape index (κ1) is 14.0. The van der Waals surface area contributed by atoms with Gasteiger partial charge in [0.15, 0.2) is 0 Å². The van der Waals surface area contributed by atoms with E-state index in [4.69, 9.17) is 45.8 Å². The van der Waals surface area contributed by atoms with Crippen LogP contribution in [0.1, 0.15) is 5.56 Å². The van der Waals surface area contributed by atoms with Crippen molar-refractivity contribution in [1.29, 1.82) is 5.26 Å². The number of hydrogen-bond acceptors (Lipinski definition) is 3. The molecule has 1 aromatic carbocycles. The van der Waals surface area contributed by atoms with Gasteiger partial charge in [0.1, 0.15) is 0 Å². The molecule has 0 unspecified atom stereocenters. The number of benzene rings is 1. The topological polar surface area (TPSA) is 62.7 Å². The lowest BCUT2D eigenvalue weighted by atomic mass is 10.1. The van der Waals surface area contributed by atoms with Crippen LogP contribution >= 0.6 is 34.8 Å². The lowest BCUT2D eigenvalue weighted by Gasteiger charge is -2.07. The first-order chi connectivity index (χ1) is 9.02. The molecule has 1 heterocycles. The Morgan fingerprint density at radius 3 is 2.37 bits per heavy atom. The van der Waals surface area contributed by atoms with Gasteiger partial charge in [-0.2, -0.15) is 5.26 Å². The van der Waals surface area contributed by atoms with Crippen LogP contribution in [0.3, 0.4) is 0 Å². The molecule has 2 N–H and O–H groups in total.